The van der Waals surface area contributed by atoms with E-state index in [1.807, 2.05) is 38.1 Å². The van der Waals surface area contributed by atoms with Gasteiger partial charge >= 0.3 is 0 Å². The standard InChI is InChI=1S/C20H32N2O2/c1-3-22(14-18(23)17-9-7-16(2)8-10-17)19(24)13-20(15-21)11-5-4-6-12-20/h7-10,18,23H,3-6,11-15,21H2,1-2H3. The summed E-state index contributed by atoms with van der Waals surface area (Å²) < 4.78 is 0. The van der Waals surface area contributed by atoms with Crippen LogP contribution < -0.4 is 5.73 Å². The molecule has 0 aliphatic heterocycles. The lowest BCUT2D eigenvalue weighted by atomic mass is 9.71. The summed E-state index contributed by atoms with van der Waals surface area (Å²) in [5.74, 6) is 0.121. The number of aliphatic hydroxyl groups is 1. The molecule has 0 heterocycles. The zero-order chi connectivity index (χ0) is 17.6. The smallest absolute Gasteiger partial charge is 0.223 e. The Morgan fingerprint density at radius 1 is 1.25 bits per heavy atom. The lowest BCUT2D eigenvalue weighted by Gasteiger charge is -2.37. The lowest BCUT2D eigenvalue weighted by molar-refractivity contribution is -0.135. The Kier molecular flexibility index (Phi) is 6.81. The summed E-state index contributed by atoms with van der Waals surface area (Å²) in [6, 6.07) is 7.84. The Morgan fingerprint density at radius 2 is 1.88 bits per heavy atom. The van der Waals surface area contributed by atoms with Crippen LogP contribution in [0.25, 0.3) is 0 Å². The van der Waals surface area contributed by atoms with E-state index >= 15 is 0 Å². The highest BCUT2D eigenvalue weighted by Crippen LogP contribution is 2.38. The highest BCUT2D eigenvalue weighted by atomic mass is 16.3. The third-order valence-electron chi connectivity index (χ3n) is 5.46. The van der Waals surface area contributed by atoms with Crippen LogP contribution in [0, 0.1) is 12.3 Å². The summed E-state index contributed by atoms with van der Waals surface area (Å²) in [6.07, 6.45) is 5.55. The molecule has 1 amide bonds. The van der Waals surface area contributed by atoms with Crippen LogP contribution >= 0.6 is 0 Å². The van der Waals surface area contributed by atoms with Gasteiger partial charge in [0.25, 0.3) is 0 Å². The minimum atomic E-state index is -0.644. The highest BCUT2D eigenvalue weighted by Gasteiger charge is 2.34. The largest absolute Gasteiger partial charge is 0.387 e. The monoisotopic (exact) mass is 332 g/mol. The van der Waals surface area contributed by atoms with E-state index in [1.165, 1.54) is 19.3 Å². The van der Waals surface area contributed by atoms with Gasteiger partial charge in [-0.15, -0.1) is 0 Å². The maximum Gasteiger partial charge on any atom is 0.223 e. The zero-order valence-corrected chi connectivity index (χ0v) is 15.1. The van der Waals surface area contributed by atoms with E-state index in [0.717, 1.165) is 24.0 Å². The molecule has 1 aromatic carbocycles. The number of aliphatic hydroxyl groups excluding tert-OH is 1. The molecule has 0 bridgehead atoms. The molecule has 1 aliphatic carbocycles. The molecule has 2 rings (SSSR count). The number of nitrogens with two attached hydrogens (primary N) is 1. The van der Waals surface area contributed by atoms with E-state index in [2.05, 4.69) is 0 Å². The van der Waals surface area contributed by atoms with Crippen LogP contribution in [0.3, 0.4) is 0 Å². The number of aryl methyl sites for hydroxylation is 1. The van der Waals surface area contributed by atoms with Crippen molar-refractivity contribution < 1.29 is 9.90 Å². The van der Waals surface area contributed by atoms with Gasteiger partial charge in [0.15, 0.2) is 0 Å². The second-order valence-corrected chi connectivity index (χ2v) is 7.30. The van der Waals surface area contributed by atoms with Crippen molar-refractivity contribution in [3.63, 3.8) is 0 Å². The normalized spacial score (nSPS) is 18.2. The van der Waals surface area contributed by atoms with Gasteiger partial charge in [0.05, 0.1) is 12.6 Å². The fraction of sp³-hybridized carbons (Fsp3) is 0.650. The summed E-state index contributed by atoms with van der Waals surface area (Å²) in [4.78, 5) is 14.6. The SMILES string of the molecule is CCN(CC(O)c1ccc(C)cc1)C(=O)CC1(CN)CCCCC1. The molecular formula is C20H32N2O2. The van der Waals surface area contributed by atoms with Crippen molar-refractivity contribution >= 4 is 5.91 Å². The maximum atomic E-state index is 12.8. The molecule has 1 atom stereocenters. The summed E-state index contributed by atoms with van der Waals surface area (Å²) in [5.41, 5.74) is 8.01. The van der Waals surface area contributed by atoms with Crippen LogP contribution in [-0.4, -0.2) is 35.5 Å². The van der Waals surface area contributed by atoms with Gasteiger partial charge in [-0.25, -0.2) is 0 Å². The van der Waals surface area contributed by atoms with Gasteiger partial charge in [-0.1, -0.05) is 49.1 Å². The number of rotatable bonds is 7. The van der Waals surface area contributed by atoms with Gasteiger partial charge in [0.2, 0.25) is 5.91 Å². The molecule has 1 aromatic rings. The molecule has 4 heteroatoms. The predicted octanol–water partition coefficient (Wildman–Crippen LogP) is 3.18. The van der Waals surface area contributed by atoms with Crippen molar-refractivity contribution in [2.24, 2.45) is 11.1 Å². The Hall–Kier alpha value is -1.39. The van der Waals surface area contributed by atoms with E-state index in [1.54, 1.807) is 4.90 Å². The average Bonchev–Trinajstić information content (AvgIpc) is 2.60. The minimum absolute atomic E-state index is 0.0302. The molecular weight excluding hydrogens is 300 g/mol. The zero-order valence-electron chi connectivity index (χ0n) is 15.1. The topological polar surface area (TPSA) is 66.6 Å². The van der Waals surface area contributed by atoms with Crippen LogP contribution in [-0.2, 0) is 4.79 Å². The average molecular weight is 332 g/mol. The third kappa shape index (κ3) is 4.81. The Bertz CT molecular complexity index is 521. The van der Waals surface area contributed by atoms with Crippen LogP contribution in [0.1, 0.15) is 62.7 Å². The van der Waals surface area contributed by atoms with Crippen LogP contribution in [0.15, 0.2) is 24.3 Å². The molecule has 0 saturated heterocycles. The number of likely N-dealkylation sites (N-methyl/N-ethyl adjacent to an activating group) is 1. The molecule has 1 aliphatic rings. The second kappa shape index (κ2) is 8.63. The molecule has 0 aromatic heterocycles. The van der Waals surface area contributed by atoms with Gasteiger partial charge in [0.1, 0.15) is 0 Å². The van der Waals surface area contributed by atoms with Crippen LogP contribution in [0.2, 0.25) is 0 Å². The minimum Gasteiger partial charge on any atom is -0.387 e. The first-order chi connectivity index (χ1) is 11.5. The summed E-state index contributed by atoms with van der Waals surface area (Å²) in [6.45, 7) is 5.53. The van der Waals surface area contributed by atoms with Gasteiger partial charge in [-0.05, 0) is 44.2 Å². The molecule has 1 saturated carbocycles. The molecule has 1 fully saturated rings. The van der Waals surface area contributed by atoms with E-state index in [9.17, 15) is 9.90 Å². The van der Waals surface area contributed by atoms with Crippen molar-refractivity contribution in [1.29, 1.82) is 0 Å². The summed E-state index contributed by atoms with van der Waals surface area (Å²) in [7, 11) is 0. The van der Waals surface area contributed by atoms with E-state index in [-0.39, 0.29) is 11.3 Å². The molecule has 4 nitrogen and oxygen atoms in total. The summed E-state index contributed by atoms with van der Waals surface area (Å²) >= 11 is 0. The highest BCUT2D eigenvalue weighted by molar-refractivity contribution is 5.77. The summed E-state index contributed by atoms with van der Waals surface area (Å²) in [5, 5.41) is 10.5. The number of carbonyl (C=O) groups is 1. The predicted molar refractivity (Wildman–Crippen MR) is 97.6 cm³/mol. The number of hydrogen-bond donors (Lipinski definition) is 2. The fourth-order valence-corrected chi connectivity index (χ4v) is 3.70. The van der Waals surface area contributed by atoms with Crippen molar-refractivity contribution in [2.45, 2.75) is 58.5 Å². The Morgan fingerprint density at radius 3 is 2.42 bits per heavy atom. The van der Waals surface area contributed by atoms with Crippen molar-refractivity contribution in [3.05, 3.63) is 35.4 Å². The number of carbonyl (C=O) groups excluding carboxylic acids is 1. The van der Waals surface area contributed by atoms with E-state index in [4.69, 9.17) is 5.73 Å². The van der Waals surface area contributed by atoms with Gasteiger partial charge < -0.3 is 15.7 Å². The van der Waals surface area contributed by atoms with Gasteiger partial charge in [-0.2, -0.15) is 0 Å². The Labute approximate surface area is 146 Å². The first kappa shape index (κ1) is 18.9. The lowest BCUT2D eigenvalue weighted by Crippen LogP contribution is -2.41. The van der Waals surface area contributed by atoms with Gasteiger partial charge in [-0.3, -0.25) is 4.79 Å². The van der Waals surface area contributed by atoms with Crippen molar-refractivity contribution in [3.8, 4) is 0 Å². The molecule has 1 unspecified atom stereocenters. The molecule has 0 spiro atoms. The molecule has 134 valence electrons. The second-order valence-electron chi connectivity index (χ2n) is 7.30. The van der Waals surface area contributed by atoms with E-state index < -0.39 is 6.10 Å². The number of amides is 1. The third-order valence-corrected chi connectivity index (χ3v) is 5.46. The van der Waals surface area contributed by atoms with Crippen LogP contribution in [0.4, 0.5) is 0 Å². The molecule has 0 radical (unpaired) electrons. The quantitative estimate of drug-likeness (QED) is 0.806. The number of hydrogen-bond acceptors (Lipinski definition) is 3. The van der Waals surface area contributed by atoms with Crippen molar-refractivity contribution in [1.82, 2.24) is 4.90 Å². The fourth-order valence-electron chi connectivity index (χ4n) is 3.70. The van der Waals surface area contributed by atoms with E-state index in [0.29, 0.717) is 26.1 Å². The molecule has 3 N–H and O–H groups in total. The van der Waals surface area contributed by atoms with Gasteiger partial charge in [0, 0.05) is 13.0 Å². The molecule has 24 heavy (non-hydrogen) atoms. The number of nitrogens with zero attached hydrogens (tertiary/aromatic N) is 1. The Balaban J connectivity index is 1.98. The van der Waals surface area contributed by atoms with Crippen LogP contribution in [0.5, 0.6) is 0 Å². The number of benzene rings is 1. The van der Waals surface area contributed by atoms with Crippen molar-refractivity contribution in [2.75, 3.05) is 19.6 Å². The first-order valence-corrected chi connectivity index (χ1v) is 9.22. The maximum absolute atomic E-state index is 12.8. The first-order valence-electron chi connectivity index (χ1n) is 9.22.